The van der Waals surface area contributed by atoms with Crippen LogP contribution in [-0.2, 0) is 6.54 Å². The molecule has 0 saturated heterocycles. The van der Waals surface area contributed by atoms with Crippen LogP contribution < -0.4 is 10.1 Å². The van der Waals surface area contributed by atoms with Crippen LogP contribution in [0.3, 0.4) is 0 Å². The van der Waals surface area contributed by atoms with E-state index in [9.17, 15) is 0 Å². The third-order valence-electron chi connectivity index (χ3n) is 3.83. The summed E-state index contributed by atoms with van der Waals surface area (Å²) in [5, 5.41) is 4.60. The summed E-state index contributed by atoms with van der Waals surface area (Å²) in [4.78, 5) is 4.70. The second kappa shape index (κ2) is 6.23. The van der Waals surface area contributed by atoms with E-state index in [-0.39, 0.29) is 0 Å². The Morgan fingerprint density at radius 2 is 2.00 bits per heavy atom. The highest BCUT2D eigenvalue weighted by Gasteiger charge is 2.14. The molecule has 0 radical (unpaired) electrons. The van der Waals surface area contributed by atoms with E-state index in [2.05, 4.69) is 44.3 Å². The maximum absolute atomic E-state index is 5.38. The maximum Gasteiger partial charge on any atom is 0.145 e. The van der Waals surface area contributed by atoms with Crippen molar-refractivity contribution in [3.05, 3.63) is 36.0 Å². The molecule has 1 aromatic heterocycles. The molecule has 0 bridgehead atoms. The number of para-hydroxylation sites is 1. The molecule has 1 N–H and O–H groups in total. The van der Waals surface area contributed by atoms with Crippen LogP contribution in [0.4, 0.5) is 0 Å². The number of nitrogens with zero attached hydrogens (tertiary/aromatic N) is 1. The summed E-state index contributed by atoms with van der Waals surface area (Å²) in [5.41, 5.74) is 2.31. The van der Waals surface area contributed by atoms with Gasteiger partial charge in [0.25, 0.3) is 0 Å². The molecule has 0 atom stereocenters. The fourth-order valence-electron chi connectivity index (χ4n) is 2.08. The van der Waals surface area contributed by atoms with Crippen LogP contribution in [0.25, 0.3) is 10.9 Å². The molecule has 0 fully saturated rings. The molecule has 0 spiro atoms. The lowest BCUT2D eigenvalue weighted by Gasteiger charge is -2.22. The summed E-state index contributed by atoms with van der Waals surface area (Å²) in [6, 6.07) is 10.2. The number of ether oxygens (including phenoxy) is 1. The number of hydrogen-bond acceptors (Lipinski definition) is 3. The Hall–Kier alpha value is -1.61. The molecule has 0 aliphatic heterocycles. The summed E-state index contributed by atoms with van der Waals surface area (Å²) < 4.78 is 5.38. The Morgan fingerprint density at radius 1 is 1.20 bits per heavy atom. The van der Waals surface area contributed by atoms with Gasteiger partial charge in [0.1, 0.15) is 11.3 Å². The van der Waals surface area contributed by atoms with Crippen LogP contribution in [0.1, 0.15) is 32.9 Å². The van der Waals surface area contributed by atoms with Crippen LogP contribution in [0.2, 0.25) is 0 Å². The van der Waals surface area contributed by atoms with E-state index in [4.69, 9.17) is 9.72 Å². The van der Waals surface area contributed by atoms with Crippen LogP contribution >= 0.6 is 0 Å². The third-order valence-corrected chi connectivity index (χ3v) is 3.83. The van der Waals surface area contributed by atoms with Gasteiger partial charge in [0.05, 0.1) is 12.8 Å². The molecule has 1 heterocycles. The zero-order valence-electron chi connectivity index (χ0n) is 12.9. The summed E-state index contributed by atoms with van der Waals surface area (Å²) in [6.45, 7) is 8.56. The fourth-order valence-corrected chi connectivity index (χ4v) is 2.08. The molecule has 20 heavy (non-hydrogen) atoms. The number of aromatic nitrogens is 1. The van der Waals surface area contributed by atoms with Crippen LogP contribution in [-0.4, -0.2) is 18.6 Å². The predicted octanol–water partition coefficient (Wildman–Crippen LogP) is 3.77. The van der Waals surface area contributed by atoms with Crippen molar-refractivity contribution in [3.8, 4) is 5.75 Å². The van der Waals surface area contributed by atoms with Gasteiger partial charge in [0.15, 0.2) is 0 Å². The van der Waals surface area contributed by atoms with Crippen molar-refractivity contribution < 1.29 is 4.74 Å². The van der Waals surface area contributed by atoms with Crippen LogP contribution in [0.15, 0.2) is 30.3 Å². The molecule has 0 aliphatic carbocycles. The molecular formula is C17H24N2O. The quantitative estimate of drug-likeness (QED) is 0.869. The molecule has 0 saturated carbocycles. The van der Waals surface area contributed by atoms with Gasteiger partial charge in [0, 0.05) is 18.5 Å². The summed E-state index contributed by atoms with van der Waals surface area (Å²) in [5.74, 6) is 0.832. The molecule has 3 nitrogen and oxygen atoms in total. The minimum absolute atomic E-state index is 0.328. The van der Waals surface area contributed by atoms with E-state index in [1.54, 1.807) is 7.11 Å². The van der Waals surface area contributed by atoms with E-state index >= 15 is 0 Å². The Morgan fingerprint density at radius 3 is 2.70 bits per heavy atom. The van der Waals surface area contributed by atoms with Crippen molar-refractivity contribution in [2.45, 2.75) is 33.7 Å². The van der Waals surface area contributed by atoms with E-state index < -0.39 is 0 Å². The Balaban J connectivity index is 2.12. The smallest absolute Gasteiger partial charge is 0.145 e. The third kappa shape index (κ3) is 3.48. The van der Waals surface area contributed by atoms with E-state index in [1.165, 1.54) is 6.42 Å². The summed E-state index contributed by atoms with van der Waals surface area (Å²) in [7, 11) is 1.69. The first-order valence-electron chi connectivity index (χ1n) is 7.19. The van der Waals surface area contributed by atoms with E-state index in [1.807, 2.05) is 12.1 Å². The lowest BCUT2D eigenvalue weighted by molar-refractivity contribution is 0.327. The lowest BCUT2D eigenvalue weighted by atomic mass is 9.90. The first-order valence-corrected chi connectivity index (χ1v) is 7.19. The first kappa shape index (κ1) is 14.8. The number of methoxy groups -OCH3 is 1. The normalized spacial score (nSPS) is 11.8. The maximum atomic E-state index is 5.38. The van der Waals surface area contributed by atoms with Crippen LogP contribution in [0, 0.1) is 5.41 Å². The summed E-state index contributed by atoms with van der Waals surface area (Å²) in [6.07, 6.45) is 1.17. The van der Waals surface area contributed by atoms with Crippen molar-refractivity contribution in [3.63, 3.8) is 0 Å². The Bertz CT molecular complexity index is 578. The number of hydrogen-bond donors (Lipinski definition) is 1. The second-order valence-corrected chi connectivity index (χ2v) is 5.96. The van der Waals surface area contributed by atoms with Gasteiger partial charge < -0.3 is 10.1 Å². The van der Waals surface area contributed by atoms with Gasteiger partial charge in [-0.05, 0) is 24.0 Å². The number of rotatable bonds is 6. The molecule has 0 amide bonds. The largest absolute Gasteiger partial charge is 0.494 e. The van der Waals surface area contributed by atoms with Crippen molar-refractivity contribution in [2.75, 3.05) is 13.7 Å². The van der Waals surface area contributed by atoms with Gasteiger partial charge in [-0.2, -0.15) is 0 Å². The first-order chi connectivity index (χ1) is 9.55. The molecular weight excluding hydrogens is 248 g/mol. The summed E-state index contributed by atoms with van der Waals surface area (Å²) >= 11 is 0. The molecule has 2 rings (SSSR count). The topological polar surface area (TPSA) is 34.1 Å². The fraction of sp³-hybridized carbons (Fsp3) is 0.471. The molecule has 2 aromatic rings. The Kier molecular flexibility index (Phi) is 4.61. The van der Waals surface area contributed by atoms with E-state index in [0.29, 0.717) is 5.41 Å². The molecule has 1 aromatic carbocycles. The minimum Gasteiger partial charge on any atom is -0.494 e. The zero-order valence-corrected chi connectivity index (χ0v) is 12.9. The van der Waals surface area contributed by atoms with Crippen molar-refractivity contribution in [2.24, 2.45) is 5.41 Å². The Labute approximate surface area is 121 Å². The lowest BCUT2D eigenvalue weighted by Crippen LogP contribution is -2.28. The zero-order chi connectivity index (χ0) is 14.6. The molecule has 0 unspecified atom stereocenters. The van der Waals surface area contributed by atoms with E-state index in [0.717, 1.165) is 35.4 Å². The van der Waals surface area contributed by atoms with Crippen LogP contribution in [0.5, 0.6) is 5.75 Å². The minimum atomic E-state index is 0.328. The highest BCUT2D eigenvalue weighted by atomic mass is 16.5. The highest BCUT2D eigenvalue weighted by Crippen LogP contribution is 2.23. The predicted molar refractivity (Wildman–Crippen MR) is 84.1 cm³/mol. The van der Waals surface area contributed by atoms with Gasteiger partial charge in [0.2, 0.25) is 0 Å². The number of nitrogens with one attached hydrogen (secondary N) is 1. The standard InChI is InChI=1S/C17H24N2O/c1-5-17(2,3)12-18-11-14-10-9-13-7-6-8-15(20-4)16(13)19-14/h6-10,18H,5,11-12H2,1-4H3. The SMILES string of the molecule is CCC(C)(C)CNCc1ccc2cccc(OC)c2n1. The van der Waals surface area contributed by atoms with Crippen molar-refractivity contribution in [1.82, 2.24) is 10.3 Å². The van der Waals surface area contributed by atoms with Gasteiger partial charge in [-0.3, -0.25) is 0 Å². The van der Waals surface area contributed by atoms with Crippen molar-refractivity contribution >= 4 is 10.9 Å². The molecule has 3 heteroatoms. The molecule has 0 aliphatic rings. The van der Waals surface area contributed by atoms with Gasteiger partial charge in [-0.15, -0.1) is 0 Å². The number of fused-ring (bicyclic) bond motifs is 1. The molecule has 108 valence electrons. The number of pyridine rings is 1. The van der Waals surface area contributed by atoms with Gasteiger partial charge in [-0.25, -0.2) is 4.98 Å². The van der Waals surface area contributed by atoms with Crippen molar-refractivity contribution in [1.29, 1.82) is 0 Å². The van der Waals surface area contributed by atoms with Gasteiger partial charge in [-0.1, -0.05) is 39.0 Å². The highest BCUT2D eigenvalue weighted by molar-refractivity contribution is 5.84. The average molecular weight is 272 g/mol. The monoisotopic (exact) mass is 272 g/mol. The van der Waals surface area contributed by atoms with Gasteiger partial charge >= 0.3 is 0 Å². The second-order valence-electron chi connectivity index (χ2n) is 5.96. The average Bonchev–Trinajstić information content (AvgIpc) is 2.46. The number of benzene rings is 1.